The van der Waals surface area contributed by atoms with Crippen LogP contribution >= 0.6 is 0 Å². The maximum Gasteiger partial charge on any atom is 0.254 e. The highest BCUT2D eigenvalue weighted by Gasteiger charge is 2.15. The minimum Gasteiger partial charge on any atom is -0.348 e. The third-order valence-electron chi connectivity index (χ3n) is 2.71. The van der Waals surface area contributed by atoms with Crippen LogP contribution < -0.4 is 5.32 Å². The minimum atomic E-state index is -1.56. The molecule has 0 bridgehead atoms. The van der Waals surface area contributed by atoms with Gasteiger partial charge in [-0.15, -0.1) is 0 Å². The minimum absolute atomic E-state index is 0.147. The number of carbonyl (C=O) groups is 1. The van der Waals surface area contributed by atoms with Crippen molar-refractivity contribution in [1.29, 1.82) is 0 Å². The lowest BCUT2D eigenvalue weighted by Crippen LogP contribution is -2.24. The average Bonchev–Trinajstić information content (AvgIpc) is 2.44. The van der Waals surface area contributed by atoms with Gasteiger partial charge in [0, 0.05) is 18.3 Å². The van der Waals surface area contributed by atoms with Crippen LogP contribution in [0.1, 0.15) is 21.6 Å². The molecule has 0 saturated heterocycles. The highest BCUT2D eigenvalue weighted by molar-refractivity contribution is 5.94. The fourth-order valence-electron chi connectivity index (χ4n) is 1.59. The summed E-state index contributed by atoms with van der Waals surface area (Å²) in [6, 6.07) is 1.87. The first-order valence-corrected chi connectivity index (χ1v) is 5.68. The number of amides is 1. The zero-order valence-electron chi connectivity index (χ0n) is 10.5. The number of aromatic nitrogens is 2. The number of nitrogens with one attached hydrogen (secondary N) is 1. The molecule has 1 heterocycles. The summed E-state index contributed by atoms with van der Waals surface area (Å²) in [7, 11) is 0. The molecule has 2 rings (SSSR count). The van der Waals surface area contributed by atoms with Crippen LogP contribution in [0.25, 0.3) is 0 Å². The van der Waals surface area contributed by atoms with E-state index in [4.69, 9.17) is 0 Å². The molecular weight excluding hydrogens is 271 g/mol. The second kappa shape index (κ2) is 5.68. The van der Waals surface area contributed by atoms with Gasteiger partial charge in [-0.2, -0.15) is 0 Å². The highest BCUT2D eigenvalue weighted by Crippen LogP contribution is 2.15. The number of hydrogen-bond donors (Lipinski definition) is 1. The summed E-state index contributed by atoms with van der Waals surface area (Å²) in [4.78, 5) is 19.4. The molecule has 7 heteroatoms. The largest absolute Gasteiger partial charge is 0.348 e. The van der Waals surface area contributed by atoms with E-state index in [1.807, 2.05) is 0 Å². The molecule has 1 aromatic carbocycles. The molecular formula is C13H10F3N3O. The van der Waals surface area contributed by atoms with E-state index in [1.54, 1.807) is 6.92 Å². The van der Waals surface area contributed by atoms with Gasteiger partial charge in [0.05, 0.1) is 11.3 Å². The quantitative estimate of drug-likeness (QED) is 0.877. The number of carbonyl (C=O) groups excluding carboxylic acids is 1. The van der Waals surface area contributed by atoms with E-state index in [2.05, 4.69) is 15.3 Å². The summed E-state index contributed by atoms with van der Waals surface area (Å²) >= 11 is 0. The second-order valence-electron chi connectivity index (χ2n) is 4.04. The molecule has 2 aromatic rings. The molecule has 104 valence electrons. The first kappa shape index (κ1) is 14.0. The SMILES string of the molecule is Cc1ncncc1C(=O)NCc1ccc(F)c(F)c1F. The summed E-state index contributed by atoms with van der Waals surface area (Å²) in [6.07, 6.45) is 2.61. The standard InChI is InChI=1S/C13H10F3N3O/c1-7-9(5-17-6-19-7)13(20)18-4-8-2-3-10(14)12(16)11(8)15/h2-3,5-6H,4H2,1H3,(H,18,20). The summed E-state index contributed by atoms with van der Waals surface area (Å²) in [5.74, 6) is -4.67. The Hall–Kier alpha value is -2.44. The van der Waals surface area contributed by atoms with Gasteiger partial charge >= 0.3 is 0 Å². The van der Waals surface area contributed by atoms with Crippen LogP contribution in [0.5, 0.6) is 0 Å². The molecule has 0 aliphatic heterocycles. The Kier molecular flexibility index (Phi) is 3.97. The normalized spacial score (nSPS) is 10.4. The Labute approximate surface area is 112 Å². The first-order chi connectivity index (χ1) is 9.50. The molecule has 0 atom stereocenters. The van der Waals surface area contributed by atoms with Gasteiger partial charge < -0.3 is 5.32 Å². The molecule has 1 amide bonds. The lowest BCUT2D eigenvalue weighted by atomic mass is 10.2. The second-order valence-corrected chi connectivity index (χ2v) is 4.04. The third-order valence-corrected chi connectivity index (χ3v) is 2.71. The molecule has 0 fully saturated rings. The zero-order chi connectivity index (χ0) is 14.7. The number of hydrogen-bond acceptors (Lipinski definition) is 3. The Morgan fingerprint density at radius 1 is 1.25 bits per heavy atom. The van der Waals surface area contributed by atoms with Crippen LogP contribution in [0.15, 0.2) is 24.7 Å². The molecule has 1 aromatic heterocycles. The molecule has 0 saturated carbocycles. The first-order valence-electron chi connectivity index (χ1n) is 5.68. The lowest BCUT2D eigenvalue weighted by Gasteiger charge is -2.08. The van der Waals surface area contributed by atoms with E-state index in [1.165, 1.54) is 12.5 Å². The topological polar surface area (TPSA) is 54.9 Å². The maximum atomic E-state index is 13.4. The van der Waals surface area contributed by atoms with E-state index >= 15 is 0 Å². The van der Waals surface area contributed by atoms with Gasteiger partial charge in [-0.05, 0) is 13.0 Å². The van der Waals surface area contributed by atoms with Gasteiger partial charge in [-0.25, -0.2) is 23.1 Å². The van der Waals surface area contributed by atoms with Crippen LogP contribution in [0.2, 0.25) is 0 Å². The van der Waals surface area contributed by atoms with Crippen molar-refractivity contribution in [2.24, 2.45) is 0 Å². The van der Waals surface area contributed by atoms with Crippen molar-refractivity contribution in [1.82, 2.24) is 15.3 Å². The third kappa shape index (κ3) is 2.76. The molecule has 0 unspecified atom stereocenters. The van der Waals surface area contributed by atoms with E-state index in [-0.39, 0.29) is 17.7 Å². The fourth-order valence-corrected chi connectivity index (χ4v) is 1.59. The van der Waals surface area contributed by atoms with E-state index < -0.39 is 23.4 Å². The van der Waals surface area contributed by atoms with Crippen LogP contribution in [0, 0.1) is 24.4 Å². The summed E-state index contributed by atoms with van der Waals surface area (Å²) in [5, 5.41) is 2.40. The predicted molar refractivity (Wildman–Crippen MR) is 64.3 cm³/mol. The Balaban J connectivity index is 2.12. The van der Waals surface area contributed by atoms with Crippen molar-refractivity contribution in [3.05, 3.63) is 58.9 Å². The van der Waals surface area contributed by atoms with Crippen molar-refractivity contribution in [2.45, 2.75) is 13.5 Å². The fraction of sp³-hybridized carbons (Fsp3) is 0.154. The van der Waals surface area contributed by atoms with E-state index in [9.17, 15) is 18.0 Å². The van der Waals surface area contributed by atoms with Crippen LogP contribution in [-0.2, 0) is 6.54 Å². The van der Waals surface area contributed by atoms with Gasteiger partial charge in [0.1, 0.15) is 6.33 Å². The summed E-state index contributed by atoms with van der Waals surface area (Å²) in [5.41, 5.74) is 0.547. The summed E-state index contributed by atoms with van der Waals surface area (Å²) in [6.45, 7) is 1.35. The molecule has 0 spiro atoms. The van der Waals surface area contributed by atoms with Crippen LogP contribution in [-0.4, -0.2) is 15.9 Å². The molecule has 20 heavy (non-hydrogen) atoms. The smallest absolute Gasteiger partial charge is 0.254 e. The van der Waals surface area contributed by atoms with Gasteiger partial charge in [0.25, 0.3) is 5.91 Å². The molecule has 0 aliphatic rings. The summed E-state index contributed by atoms with van der Waals surface area (Å²) < 4.78 is 39.2. The zero-order valence-corrected chi connectivity index (χ0v) is 10.5. The Morgan fingerprint density at radius 2 is 2.00 bits per heavy atom. The van der Waals surface area contributed by atoms with Crippen molar-refractivity contribution in [3.63, 3.8) is 0 Å². The lowest BCUT2D eigenvalue weighted by molar-refractivity contribution is 0.0949. The van der Waals surface area contributed by atoms with Gasteiger partial charge in [0.15, 0.2) is 17.5 Å². The Bertz CT molecular complexity index is 661. The molecule has 0 aliphatic carbocycles. The number of rotatable bonds is 3. The monoisotopic (exact) mass is 281 g/mol. The van der Waals surface area contributed by atoms with E-state index in [0.717, 1.165) is 12.1 Å². The molecule has 0 radical (unpaired) electrons. The van der Waals surface area contributed by atoms with Gasteiger partial charge in [0.2, 0.25) is 0 Å². The van der Waals surface area contributed by atoms with Crippen LogP contribution in [0.3, 0.4) is 0 Å². The Morgan fingerprint density at radius 3 is 2.70 bits per heavy atom. The number of halogens is 3. The predicted octanol–water partition coefficient (Wildman–Crippen LogP) is 2.13. The highest BCUT2D eigenvalue weighted by atomic mass is 19.2. The van der Waals surface area contributed by atoms with Crippen molar-refractivity contribution in [2.75, 3.05) is 0 Å². The maximum absolute atomic E-state index is 13.4. The average molecular weight is 281 g/mol. The van der Waals surface area contributed by atoms with Crippen LogP contribution in [0.4, 0.5) is 13.2 Å². The van der Waals surface area contributed by atoms with E-state index in [0.29, 0.717) is 5.69 Å². The van der Waals surface area contributed by atoms with Gasteiger partial charge in [-0.1, -0.05) is 6.07 Å². The number of benzene rings is 1. The number of aryl methyl sites for hydroxylation is 1. The van der Waals surface area contributed by atoms with Crippen molar-refractivity contribution >= 4 is 5.91 Å². The molecule has 1 N–H and O–H groups in total. The van der Waals surface area contributed by atoms with Crippen molar-refractivity contribution < 1.29 is 18.0 Å². The van der Waals surface area contributed by atoms with Crippen molar-refractivity contribution in [3.8, 4) is 0 Å². The number of nitrogens with zero attached hydrogens (tertiary/aromatic N) is 2. The van der Waals surface area contributed by atoms with Gasteiger partial charge in [-0.3, -0.25) is 4.79 Å². The molecule has 4 nitrogen and oxygen atoms in total.